The lowest BCUT2D eigenvalue weighted by atomic mass is 9.82. The van der Waals surface area contributed by atoms with Crippen LogP contribution in [0, 0.1) is 0 Å². The lowest BCUT2D eigenvalue weighted by Crippen LogP contribution is -2.14. The van der Waals surface area contributed by atoms with E-state index in [1.165, 1.54) is 49.7 Å². The van der Waals surface area contributed by atoms with E-state index in [0.29, 0.717) is 0 Å². The normalized spacial score (nSPS) is 14.4. The van der Waals surface area contributed by atoms with Gasteiger partial charge in [-0.05, 0) is 74.7 Å². The summed E-state index contributed by atoms with van der Waals surface area (Å²) >= 11 is 0. The van der Waals surface area contributed by atoms with Crippen molar-refractivity contribution in [2.45, 2.75) is 19.3 Å². The number of rotatable bonds is 1. The van der Waals surface area contributed by atoms with E-state index in [0.717, 1.165) is 17.1 Å². The summed E-state index contributed by atoms with van der Waals surface area (Å²) in [5.74, 6) is 1.86. The van der Waals surface area contributed by atoms with Gasteiger partial charge in [0.2, 0.25) is 0 Å². The maximum atomic E-state index is 6.22. The molecule has 152 valence electrons. The van der Waals surface area contributed by atoms with Crippen LogP contribution in [0.5, 0.6) is 11.5 Å². The Bertz CT molecular complexity index is 1570. The summed E-state index contributed by atoms with van der Waals surface area (Å²) < 4.78 is 6.22. The molecule has 5 aromatic carbocycles. The van der Waals surface area contributed by atoms with Gasteiger partial charge in [0.1, 0.15) is 11.5 Å². The van der Waals surface area contributed by atoms with Crippen LogP contribution < -0.4 is 4.74 Å². The van der Waals surface area contributed by atoms with Gasteiger partial charge in [0.15, 0.2) is 0 Å². The molecule has 0 N–H and O–H groups in total. The van der Waals surface area contributed by atoms with E-state index in [9.17, 15) is 0 Å². The van der Waals surface area contributed by atoms with Gasteiger partial charge in [0, 0.05) is 16.4 Å². The Labute approximate surface area is 187 Å². The van der Waals surface area contributed by atoms with Gasteiger partial charge >= 0.3 is 0 Å². The summed E-state index contributed by atoms with van der Waals surface area (Å²) in [6.07, 6.45) is 0. The van der Waals surface area contributed by atoms with Crippen LogP contribution in [-0.4, -0.2) is 0 Å². The Kier molecular flexibility index (Phi) is 3.40. The first-order chi connectivity index (χ1) is 15.6. The molecule has 0 saturated heterocycles. The zero-order valence-electron chi connectivity index (χ0n) is 18.1. The fraction of sp³-hybridized carbons (Fsp3) is 0.0968. The fourth-order valence-electron chi connectivity index (χ4n) is 5.65. The molecule has 1 nitrogen and oxygen atoms in total. The minimum Gasteiger partial charge on any atom is -0.456 e. The van der Waals surface area contributed by atoms with E-state index in [4.69, 9.17) is 4.74 Å². The summed E-state index contributed by atoms with van der Waals surface area (Å²) in [4.78, 5) is 0. The van der Waals surface area contributed by atoms with Gasteiger partial charge in [-0.3, -0.25) is 0 Å². The van der Waals surface area contributed by atoms with Crippen molar-refractivity contribution in [3.05, 3.63) is 108 Å². The number of benzene rings is 5. The van der Waals surface area contributed by atoms with Crippen molar-refractivity contribution in [3.63, 3.8) is 0 Å². The summed E-state index contributed by atoms with van der Waals surface area (Å²) in [6, 6.07) is 35.1. The number of hydrogen-bond acceptors (Lipinski definition) is 1. The Balaban J connectivity index is 1.48. The maximum absolute atomic E-state index is 6.22. The molecule has 0 saturated carbocycles. The van der Waals surface area contributed by atoms with Crippen LogP contribution >= 0.6 is 0 Å². The highest BCUT2D eigenvalue weighted by molar-refractivity contribution is 6.06. The molecule has 1 heteroatoms. The van der Waals surface area contributed by atoms with Crippen LogP contribution in [0.1, 0.15) is 25.0 Å². The topological polar surface area (TPSA) is 9.23 Å². The van der Waals surface area contributed by atoms with Crippen LogP contribution in [0.15, 0.2) is 97.1 Å². The smallest absolute Gasteiger partial charge is 0.135 e. The lowest BCUT2D eigenvalue weighted by molar-refractivity contribution is 0.487. The molecule has 2 aliphatic rings. The molecule has 0 aromatic heterocycles. The first-order valence-corrected chi connectivity index (χ1v) is 11.2. The predicted molar refractivity (Wildman–Crippen MR) is 132 cm³/mol. The zero-order chi connectivity index (χ0) is 21.4. The fourth-order valence-corrected chi connectivity index (χ4v) is 5.65. The average molecular weight is 411 g/mol. The molecule has 0 amide bonds. The SMILES string of the molecule is CC1(C)c2ccccc2-c2cc(-c3cc4c5c(cccc5c3)Oc3ccccc3-4)ccc21. The highest BCUT2D eigenvalue weighted by Crippen LogP contribution is 2.51. The number of para-hydroxylation sites is 1. The monoisotopic (exact) mass is 410 g/mol. The van der Waals surface area contributed by atoms with Crippen LogP contribution in [0.4, 0.5) is 0 Å². The second-order valence-corrected chi connectivity index (χ2v) is 9.41. The maximum Gasteiger partial charge on any atom is 0.135 e. The standard InChI is InChI=1S/C31H22O/c1-31(2)26-11-5-3-9-22(26)24-17-19(14-15-27(24)31)21-16-20-8-7-13-29-30(20)25(18-21)23-10-4-6-12-28(23)32-29/h3-18H,1-2H3. The van der Waals surface area contributed by atoms with Crippen molar-refractivity contribution in [1.82, 2.24) is 0 Å². The molecule has 1 heterocycles. The third kappa shape index (κ3) is 2.28. The van der Waals surface area contributed by atoms with E-state index in [-0.39, 0.29) is 5.41 Å². The summed E-state index contributed by atoms with van der Waals surface area (Å²) in [6.45, 7) is 4.66. The predicted octanol–water partition coefficient (Wildman–Crippen LogP) is 8.59. The van der Waals surface area contributed by atoms with Crippen LogP contribution in [0.2, 0.25) is 0 Å². The van der Waals surface area contributed by atoms with E-state index in [1.807, 2.05) is 6.07 Å². The largest absolute Gasteiger partial charge is 0.456 e. The molecule has 0 atom stereocenters. The van der Waals surface area contributed by atoms with Crippen molar-refractivity contribution in [3.8, 4) is 44.9 Å². The van der Waals surface area contributed by atoms with Crippen LogP contribution in [0.3, 0.4) is 0 Å². The lowest BCUT2D eigenvalue weighted by Gasteiger charge is -2.23. The van der Waals surface area contributed by atoms with Crippen molar-refractivity contribution >= 4 is 10.8 Å². The van der Waals surface area contributed by atoms with E-state index >= 15 is 0 Å². The Morgan fingerprint density at radius 1 is 0.531 bits per heavy atom. The van der Waals surface area contributed by atoms with E-state index in [1.54, 1.807) is 0 Å². The quantitative estimate of drug-likeness (QED) is 0.264. The summed E-state index contributed by atoms with van der Waals surface area (Å²) in [5, 5.41) is 2.41. The van der Waals surface area contributed by atoms with Crippen molar-refractivity contribution in [1.29, 1.82) is 0 Å². The average Bonchev–Trinajstić information content (AvgIpc) is 3.06. The second kappa shape index (κ2) is 6.11. The van der Waals surface area contributed by atoms with Crippen LogP contribution in [0.25, 0.3) is 44.2 Å². The minimum atomic E-state index is 0.0328. The van der Waals surface area contributed by atoms with E-state index in [2.05, 4.69) is 105 Å². The molecule has 0 spiro atoms. The molecule has 5 aromatic rings. The number of fused-ring (bicyclic) bond motifs is 5. The molecular weight excluding hydrogens is 388 g/mol. The summed E-state index contributed by atoms with van der Waals surface area (Å²) in [5.41, 5.74) is 10.5. The molecule has 0 unspecified atom stereocenters. The number of ether oxygens (including phenoxy) is 1. The van der Waals surface area contributed by atoms with Crippen LogP contribution in [-0.2, 0) is 5.41 Å². The summed E-state index contributed by atoms with van der Waals surface area (Å²) in [7, 11) is 0. The van der Waals surface area contributed by atoms with Crippen molar-refractivity contribution < 1.29 is 4.74 Å². The highest BCUT2D eigenvalue weighted by atomic mass is 16.5. The Morgan fingerprint density at radius 2 is 1.25 bits per heavy atom. The molecule has 32 heavy (non-hydrogen) atoms. The third-order valence-corrected chi connectivity index (χ3v) is 7.25. The highest BCUT2D eigenvalue weighted by Gasteiger charge is 2.35. The molecule has 0 radical (unpaired) electrons. The minimum absolute atomic E-state index is 0.0328. The third-order valence-electron chi connectivity index (χ3n) is 7.25. The second-order valence-electron chi connectivity index (χ2n) is 9.41. The van der Waals surface area contributed by atoms with E-state index < -0.39 is 0 Å². The first kappa shape index (κ1) is 17.8. The number of hydrogen-bond donors (Lipinski definition) is 0. The Hall–Kier alpha value is -3.84. The van der Waals surface area contributed by atoms with Gasteiger partial charge in [0.25, 0.3) is 0 Å². The van der Waals surface area contributed by atoms with Gasteiger partial charge < -0.3 is 4.74 Å². The molecule has 0 bridgehead atoms. The molecular formula is C31H22O. The van der Waals surface area contributed by atoms with Gasteiger partial charge in [-0.1, -0.05) is 80.6 Å². The van der Waals surface area contributed by atoms with Gasteiger partial charge in [0.05, 0.1) is 0 Å². The molecule has 7 rings (SSSR count). The van der Waals surface area contributed by atoms with Crippen molar-refractivity contribution in [2.75, 3.05) is 0 Å². The molecule has 1 aliphatic carbocycles. The van der Waals surface area contributed by atoms with Gasteiger partial charge in [-0.15, -0.1) is 0 Å². The van der Waals surface area contributed by atoms with Crippen molar-refractivity contribution in [2.24, 2.45) is 0 Å². The van der Waals surface area contributed by atoms with Gasteiger partial charge in [-0.2, -0.15) is 0 Å². The van der Waals surface area contributed by atoms with Gasteiger partial charge in [-0.25, -0.2) is 0 Å². The molecule has 0 fully saturated rings. The Morgan fingerprint density at radius 3 is 2.16 bits per heavy atom. The zero-order valence-corrected chi connectivity index (χ0v) is 18.1. The first-order valence-electron chi connectivity index (χ1n) is 11.2. The molecule has 1 aliphatic heterocycles.